The van der Waals surface area contributed by atoms with E-state index in [1.165, 1.54) is 20.8 Å². The van der Waals surface area contributed by atoms with Crippen molar-refractivity contribution in [2.75, 3.05) is 39.6 Å². The van der Waals surface area contributed by atoms with Crippen LogP contribution in [0, 0.1) is 62.1 Å². The molecule has 0 bridgehead atoms. The number of esters is 3. The Labute approximate surface area is 799 Å². The number of aliphatic hydroxyl groups excluding tert-OH is 24. The van der Waals surface area contributed by atoms with Crippen LogP contribution >= 0.6 is 0 Å². The van der Waals surface area contributed by atoms with Gasteiger partial charge < -0.3 is 209 Å². The number of carboxylic acids is 1. The van der Waals surface area contributed by atoms with E-state index in [1.54, 1.807) is 20.8 Å². The SMILES string of the molecule is CCC(OC1CC(O)(OC2OCC(O)(CO)C2O)C(O)CO1)/C(O)=C(/O)C(O)OC1C(OC(=O)[C@]23CCC(C)(C)CC2C2=CCC4[C@@]5(C)CC[C@H](OC(CO)(OC(O)/C(O)=C(\O)C(O)CCO)C(OC(O)C(O)C(O)C(C)O)C(O)CC(=O)O)[C@@](C)(C=O)C5CC[C@@]4(C)[C@]2(C)C[C@H]3O)OC(C)C(OC(=O)C[C@@H](O)C[C@H](OC(=O)C[C@@H](O)C[C@H](OC2OC(CO)C(O)C2O)[C@@H](C)CC)[C@@H](C)CC)C1O. The van der Waals surface area contributed by atoms with Crippen LogP contribution in [0.1, 0.15) is 212 Å². The highest BCUT2D eigenvalue weighted by molar-refractivity contribution is 5.80. The molecule has 9 aliphatic rings. The summed E-state index contributed by atoms with van der Waals surface area (Å²) in [6.45, 7) is 16.7. The molecule has 29 unspecified atom stereocenters. The minimum absolute atomic E-state index is 0.0662. The van der Waals surface area contributed by atoms with Crippen molar-refractivity contribution >= 4 is 30.2 Å². The molecule has 0 aromatic carbocycles. The molecule has 4 aliphatic heterocycles. The van der Waals surface area contributed by atoms with E-state index in [2.05, 4.69) is 0 Å². The third kappa shape index (κ3) is 24.3. The summed E-state index contributed by atoms with van der Waals surface area (Å²) in [5.41, 5.74) is -8.68. The molecule has 0 aromatic rings. The van der Waals surface area contributed by atoms with Crippen molar-refractivity contribution in [1.29, 1.82) is 0 Å². The Kier molecular flexibility index (Phi) is 39.6. The maximum Gasteiger partial charge on any atom is 0.317 e. The van der Waals surface area contributed by atoms with E-state index >= 15 is 4.79 Å². The molecule has 138 heavy (non-hydrogen) atoms. The predicted molar refractivity (Wildman–Crippen MR) is 466 cm³/mol. The number of carbonyl (C=O) groups excluding carboxylic acids is 4. The molecule has 796 valence electrons. The lowest BCUT2D eigenvalue weighted by atomic mass is 9.33. The lowest BCUT2D eigenvalue weighted by Crippen LogP contribution is -2.69. The average molecular weight is 1990 g/mol. The van der Waals surface area contributed by atoms with Crippen LogP contribution in [-0.2, 0) is 90.3 Å². The van der Waals surface area contributed by atoms with Crippen LogP contribution in [0.2, 0.25) is 0 Å². The van der Waals surface area contributed by atoms with Gasteiger partial charge in [-0.1, -0.05) is 101 Å². The minimum Gasteiger partial charge on any atom is -0.506 e. The van der Waals surface area contributed by atoms with Gasteiger partial charge in [-0.2, -0.15) is 0 Å². The van der Waals surface area contributed by atoms with Crippen LogP contribution in [0.5, 0.6) is 0 Å². The van der Waals surface area contributed by atoms with Crippen molar-refractivity contribution in [3.05, 3.63) is 34.7 Å². The van der Waals surface area contributed by atoms with E-state index < -0.39 is 377 Å². The molecule has 0 aromatic heterocycles. The Balaban J connectivity index is 1.01. The molecule has 4 saturated carbocycles. The number of rotatable bonds is 48. The van der Waals surface area contributed by atoms with Gasteiger partial charge in [0.2, 0.25) is 30.4 Å². The smallest absolute Gasteiger partial charge is 0.317 e. The Hall–Kier alpha value is -5.35. The number of aliphatic hydroxyl groups is 26. The van der Waals surface area contributed by atoms with Crippen LogP contribution < -0.4 is 0 Å². The topological polar surface area (TPSA) is 761 Å². The molecule has 46 heteroatoms. The standard InChI is InChI=1S/C92H152O46/c1-14-41(4)52(128-61(107)29-46(100)28-53(42(5)15-2)130-80-71(116)67(112)54(35-94)131-80)27-45(99)30-62(108)132-73-44(7)127-81(74(72(73)117)133-77(119)70(115)66(111)51(16-3)129-63-34-91(124,58(104)36-125-63)138-82-75(118)89(123,38-96)40-126-82)135-83(122)90-25-24-84(8,9)32-48(90)47-17-18-56-85(10)22-20-59(86(11,37-95)55(85)19-23-87(56,12)88(47,13)33-57(90)103)136-92(39-97,137-79(121)69(114)65(110)49(101)21-26-93)76(50(102)31-60(105)106)134-78(120)68(113)64(109)43(6)98/h17,37,41-46,48-59,63-64,67-68,71-82,93-94,96-104,109-121,123-124H,14-16,18-36,38-40H2,1-13H3,(H,105,106)/b69-65+,70-66-/t41-,42-,43?,44?,45-,46-,48?,49?,50?,51?,52-,53-,54?,55?,56?,57+,58?,59-,63?,64?,67?,68?,71?,72?,73?,74?,75?,76?,77?,78?,79?,80?,81?,82?,85-,86-,87+,88+,89?,90+,91?,92?/m0/s1. The lowest BCUT2D eigenvalue weighted by Gasteiger charge is -2.71. The maximum absolute atomic E-state index is 16.3. The number of hydrogen-bond donors (Lipinski definition) is 27. The van der Waals surface area contributed by atoms with Crippen LogP contribution in [-0.4, -0.2) is 403 Å². The minimum atomic E-state index is -3.33. The van der Waals surface area contributed by atoms with Gasteiger partial charge in [0, 0.05) is 25.9 Å². The molecule has 4 heterocycles. The number of carboxylic acid groups (broad SMARTS) is 1. The van der Waals surface area contributed by atoms with Crippen LogP contribution in [0.4, 0.5) is 0 Å². The van der Waals surface area contributed by atoms with Crippen LogP contribution in [0.3, 0.4) is 0 Å². The number of aldehydes is 1. The zero-order chi connectivity index (χ0) is 103. The summed E-state index contributed by atoms with van der Waals surface area (Å²) in [5, 5.41) is 299. The third-order valence-electron chi connectivity index (χ3n) is 31.4. The van der Waals surface area contributed by atoms with Gasteiger partial charge in [-0.05, 0) is 129 Å². The Morgan fingerprint density at radius 3 is 1.84 bits per heavy atom. The highest BCUT2D eigenvalue weighted by Crippen LogP contribution is 2.76. The number of hydrogen-bond acceptors (Lipinski definition) is 45. The highest BCUT2D eigenvalue weighted by Gasteiger charge is 2.74. The number of fused-ring (bicyclic) bond motifs is 7. The normalized spacial score (nSPS) is 39.1. The van der Waals surface area contributed by atoms with Gasteiger partial charge in [0.15, 0.2) is 60.4 Å². The van der Waals surface area contributed by atoms with Crippen molar-refractivity contribution in [1.82, 2.24) is 0 Å². The molecule has 46 nitrogen and oxygen atoms in total. The largest absolute Gasteiger partial charge is 0.506 e. The monoisotopic (exact) mass is 1990 g/mol. The first kappa shape index (κ1) is 116. The zero-order valence-corrected chi connectivity index (χ0v) is 80.3. The van der Waals surface area contributed by atoms with Gasteiger partial charge in [0.1, 0.15) is 97.2 Å². The van der Waals surface area contributed by atoms with Crippen molar-refractivity contribution < 1.29 is 228 Å². The fraction of sp³-hybridized carbons (Fsp3) is 0.880. The third-order valence-corrected chi connectivity index (χ3v) is 31.4. The summed E-state index contributed by atoms with van der Waals surface area (Å²) in [4.78, 5) is 71.1. The summed E-state index contributed by atoms with van der Waals surface area (Å²) in [6.07, 6.45) is -56.3. The van der Waals surface area contributed by atoms with Gasteiger partial charge in [-0.25, -0.2) is 0 Å². The first-order valence-corrected chi connectivity index (χ1v) is 47.5. The molecule has 42 atom stereocenters. The fourth-order valence-corrected chi connectivity index (χ4v) is 22.3. The molecule has 0 spiro atoms. The Morgan fingerprint density at radius 2 is 1.26 bits per heavy atom. The molecular formula is C92H152O46. The van der Waals surface area contributed by atoms with E-state index in [-0.39, 0.29) is 76.5 Å². The second-order valence-corrected chi connectivity index (χ2v) is 41.2. The summed E-state index contributed by atoms with van der Waals surface area (Å²) in [6, 6.07) is 0. The van der Waals surface area contributed by atoms with E-state index in [1.807, 2.05) is 47.6 Å². The van der Waals surface area contributed by atoms with E-state index in [0.29, 0.717) is 19.1 Å². The van der Waals surface area contributed by atoms with E-state index in [4.69, 9.17) is 66.3 Å². The first-order chi connectivity index (χ1) is 64.3. The summed E-state index contributed by atoms with van der Waals surface area (Å²) < 4.78 is 82.4. The summed E-state index contributed by atoms with van der Waals surface area (Å²) >= 11 is 0. The molecule has 5 aliphatic carbocycles. The molecule has 0 amide bonds. The summed E-state index contributed by atoms with van der Waals surface area (Å²) in [7, 11) is 0. The van der Waals surface area contributed by atoms with Gasteiger partial charge in [-0.15, -0.1) is 0 Å². The van der Waals surface area contributed by atoms with Gasteiger partial charge >= 0.3 is 23.9 Å². The van der Waals surface area contributed by atoms with Crippen LogP contribution in [0.25, 0.3) is 0 Å². The van der Waals surface area contributed by atoms with Crippen molar-refractivity contribution in [2.24, 2.45) is 62.1 Å². The Morgan fingerprint density at radius 1 is 0.630 bits per heavy atom. The van der Waals surface area contributed by atoms with Gasteiger partial charge in [0.05, 0.1) is 106 Å². The van der Waals surface area contributed by atoms with E-state index in [0.717, 1.165) is 12.5 Å². The highest BCUT2D eigenvalue weighted by atomic mass is 16.8. The van der Waals surface area contributed by atoms with Gasteiger partial charge in [0.25, 0.3) is 0 Å². The number of allylic oxidation sites excluding steroid dienone is 2. The number of aliphatic carboxylic acids is 1. The molecule has 4 saturated heterocycles. The fourth-order valence-electron chi connectivity index (χ4n) is 22.3. The lowest BCUT2D eigenvalue weighted by molar-refractivity contribution is -0.396. The number of carbonyl (C=O) groups is 5. The van der Waals surface area contributed by atoms with Gasteiger partial charge in [-0.3, -0.25) is 19.2 Å². The Bertz CT molecular complexity index is 4100. The van der Waals surface area contributed by atoms with Crippen molar-refractivity contribution in [2.45, 2.75) is 407 Å². The predicted octanol–water partition coefficient (Wildman–Crippen LogP) is -2.19. The van der Waals surface area contributed by atoms with Crippen molar-refractivity contribution in [3.8, 4) is 0 Å². The molecular weight excluding hydrogens is 1840 g/mol. The molecule has 27 N–H and O–H groups in total. The second-order valence-electron chi connectivity index (χ2n) is 41.2. The van der Waals surface area contributed by atoms with Crippen molar-refractivity contribution in [3.63, 3.8) is 0 Å². The van der Waals surface area contributed by atoms with Crippen LogP contribution in [0.15, 0.2) is 34.7 Å². The zero-order valence-electron chi connectivity index (χ0n) is 80.3. The molecule has 8 fully saturated rings. The molecule has 9 rings (SSSR count). The number of ether oxygens (including phenoxy) is 14. The average Bonchev–Trinajstić information content (AvgIpc) is 0.726. The quantitative estimate of drug-likeness (QED) is 0.00768. The van der Waals surface area contributed by atoms with E-state index in [9.17, 15) is 157 Å². The first-order valence-electron chi connectivity index (χ1n) is 47.5. The molecule has 0 radical (unpaired) electrons. The summed E-state index contributed by atoms with van der Waals surface area (Å²) in [5.74, 6) is -19.6. The maximum atomic E-state index is 16.3. The second kappa shape index (κ2) is 47.0.